The summed E-state index contributed by atoms with van der Waals surface area (Å²) in [6.07, 6.45) is 0.859. The predicted molar refractivity (Wildman–Crippen MR) is 118 cm³/mol. The molecule has 3 aromatic rings. The molecule has 0 fully saturated rings. The Morgan fingerprint density at radius 3 is 2.29 bits per heavy atom. The van der Waals surface area contributed by atoms with E-state index in [0.29, 0.717) is 24.4 Å². The van der Waals surface area contributed by atoms with Crippen LogP contribution in [0.15, 0.2) is 42.5 Å². The molecule has 0 unspecified atom stereocenters. The van der Waals surface area contributed by atoms with Crippen molar-refractivity contribution in [3.63, 3.8) is 0 Å². The van der Waals surface area contributed by atoms with Gasteiger partial charge in [0.1, 0.15) is 5.82 Å². The van der Waals surface area contributed by atoms with E-state index in [9.17, 15) is 9.18 Å². The first-order chi connectivity index (χ1) is 14.9. The summed E-state index contributed by atoms with van der Waals surface area (Å²) in [7, 11) is 3.27. The van der Waals surface area contributed by atoms with Crippen LogP contribution in [0, 0.1) is 19.7 Å². The van der Waals surface area contributed by atoms with Crippen molar-refractivity contribution >= 4 is 5.78 Å². The van der Waals surface area contributed by atoms with Crippen LogP contribution in [0.2, 0.25) is 0 Å². The van der Waals surface area contributed by atoms with E-state index in [2.05, 4.69) is 4.90 Å². The molecule has 6 heteroatoms. The number of nitrogens with zero attached hydrogens (tertiary/aromatic N) is 2. The molecular formula is C25H27FN2O3. The normalized spacial score (nSPS) is 13.7. The molecule has 1 aromatic heterocycles. The number of methoxy groups -OCH3 is 2. The molecule has 31 heavy (non-hydrogen) atoms. The first kappa shape index (κ1) is 21.1. The SMILES string of the molecule is COc1cc2c(cc1OC)CN(CC(=O)c1cc(C)n(-c3ccc(F)cc3)c1C)CC2. The van der Waals surface area contributed by atoms with Crippen LogP contribution in [-0.2, 0) is 13.0 Å². The third-order valence-electron chi connectivity index (χ3n) is 5.98. The molecule has 1 aliphatic rings. The number of ketones is 1. The molecule has 0 radical (unpaired) electrons. The van der Waals surface area contributed by atoms with Gasteiger partial charge in [0.2, 0.25) is 0 Å². The Bertz CT molecular complexity index is 1120. The minimum Gasteiger partial charge on any atom is -0.493 e. The molecule has 4 rings (SSSR count). The van der Waals surface area contributed by atoms with Crippen molar-refractivity contribution in [2.24, 2.45) is 0 Å². The van der Waals surface area contributed by atoms with E-state index in [1.54, 1.807) is 26.4 Å². The van der Waals surface area contributed by atoms with Gasteiger partial charge in [0.25, 0.3) is 0 Å². The van der Waals surface area contributed by atoms with Gasteiger partial charge in [0.15, 0.2) is 17.3 Å². The summed E-state index contributed by atoms with van der Waals surface area (Å²) < 4.78 is 26.1. The zero-order valence-electron chi connectivity index (χ0n) is 18.4. The fraction of sp³-hybridized carbons (Fsp3) is 0.320. The lowest BCUT2D eigenvalue weighted by Crippen LogP contribution is -2.35. The fourth-order valence-electron chi connectivity index (χ4n) is 4.40. The fourth-order valence-corrected chi connectivity index (χ4v) is 4.40. The lowest BCUT2D eigenvalue weighted by Gasteiger charge is -2.29. The molecule has 0 atom stereocenters. The highest BCUT2D eigenvalue weighted by Gasteiger charge is 2.23. The Morgan fingerprint density at radius 1 is 1.00 bits per heavy atom. The van der Waals surface area contributed by atoms with E-state index >= 15 is 0 Å². The number of ether oxygens (including phenoxy) is 2. The molecular weight excluding hydrogens is 395 g/mol. The van der Waals surface area contributed by atoms with Gasteiger partial charge >= 0.3 is 0 Å². The highest BCUT2D eigenvalue weighted by molar-refractivity contribution is 5.99. The number of Topliss-reactive ketones (excluding diaryl/α,β-unsaturated/α-hetero) is 1. The number of hydrogen-bond donors (Lipinski definition) is 0. The van der Waals surface area contributed by atoms with Gasteiger partial charge in [-0.3, -0.25) is 9.69 Å². The zero-order chi connectivity index (χ0) is 22.1. The average Bonchev–Trinajstić information content (AvgIpc) is 3.07. The van der Waals surface area contributed by atoms with Crippen LogP contribution in [0.3, 0.4) is 0 Å². The Kier molecular flexibility index (Phi) is 5.83. The van der Waals surface area contributed by atoms with E-state index in [4.69, 9.17) is 9.47 Å². The van der Waals surface area contributed by atoms with Gasteiger partial charge in [0, 0.05) is 35.7 Å². The van der Waals surface area contributed by atoms with Crippen LogP contribution in [-0.4, -0.2) is 42.6 Å². The molecule has 162 valence electrons. The highest BCUT2D eigenvalue weighted by atomic mass is 19.1. The molecule has 0 spiro atoms. The number of carbonyl (C=O) groups excluding carboxylic acids is 1. The molecule has 0 N–H and O–H groups in total. The number of carbonyl (C=O) groups is 1. The van der Waals surface area contributed by atoms with Crippen molar-refractivity contribution in [3.8, 4) is 17.2 Å². The van der Waals surface area contributed by atoms with Gasteiger partial charge in [-0.05, 0) is 73.9 Å². The van der Waals surface area contributed by atoms with Crippen LogP contribution in [0.5, 0.6) is 11.5 Å². The summed E-state index contributed by atoms with van der Waals surface area (Å²) in [5.41, 5.74) is 5.78. The quantitative estimate of drug-likeness (QED) is 0.549. The van der Waals surface area contributed by atoms with Gasteiger partial charge in [0.05, 0.1) is 20.8 Å². The van der Waals surface area contributed by atoms with Crippen LogP contribution in [0.4, 0.5) is 4.39 Å². The third kappa shape index (κ3) is 4.08. The van der Waals surface area contributed by atoms with E-state index in [0.717, 1.165) is 41.4 Å². The number of aryl methyl sites for hydroxylation is 1. The van der Waals surface area contributed by atoms with Crippen LogP contribution in [0.1, 0.15) is 32.9 Å². The lowest BCUT2D eigenvalue weighted by atomic mass is 9.98. The monoisotopic (exact) mass is 422 g/mol. The smallest absolute Gasteiger partial charge is 0.178 e. The van der Waals surface area contributed by atoms with E-state index in [1.165, 1.54) is 17.7 Å². The van der Waals surface area contributed by atoms with E-state index in [-0.39, 0.29) is 11.6 Å². The molecule has 1 aliphatic heterocycles. The number of benzene rings is 2. The molecule has 0 amide bonds. The maximum Gasteiger partial charge on any atom is 0.178 e. The Morgan fingerprint density at radius 2 is 1.65 bits per heavy atom. The maximum absolute atomic E-state index is 13.3. The highest BCUT2D eigenvalue weighted by Crippen LogP contribution is 2.33. The van der Waals surface area contributed by atoms with Crippen LogP contribution >= 0.6 is 0 Å². The largest absolute Gasteiger partial charge is 0.493 e. The molecule has 5 nitrogen and oxygen atoms in total. The van der Waals surface area contributed by atoms with Gasteiger partial charge < -0.3 is 14.0 Å². The van der Waals surface area contributed by atoms with Gasteiger partial charge in [-0.1, -0.05) is 0 Å². The van der Waals surface area contributed by atoms with Crippen molar-refractivity contribution in [2.75, 3.05) is 27.3 Å². The molecule has 0 saturated carbocycles. The van der Waals surface area contributed by atoms with Crippen molar-refractivity contribution in [2.45, 2.75) is 26.8 Å². The Balaban J connectivity index is 1.53. The number of hydrogen-bond acceptors (Lipinski definition) is 4. The molecule has 2 aromatic carbocycles. The summed E-state index contributed by atoms with van der Waals surface area (Å²) in [4.78, 5) is 15.3. The third-order valence-corrected chi connectivity index (χ3v) is 5.98. The second-order valence-electron chi connectivity index (χ2n) is 7.96. The Labute approximate surface area is 182 Å². The second kappa shape index (κ2) is 8.55. The number of aromatic nitrogens is 1. The minimum atomic E-state index is -0.276. The van der Waals surface area contributed by atoms with Crippen LogP contribution in [0.25, 0.3) is 5.69 Å². The Hall–Kier alpha value is -3.12. The van der Waals surface area contributed by atoms with E-state index < -0.39 is 0 Å². The van der Waals surface area contributed by atoms with Crippen molar-refractivity contribution in [3.05, 3.63) is 76.4 Å². The summed E-state index contributed by atoms with van der Waals surface area (Å²) in [6, 6.07) is 12.3. The summed E-state index contributed by atoms with van der Waals surface area (Å²) in [5, 5.41) is 0. The van der Waals surface area contributed by atoms with Crippen LogP contribution < -0.4 is 9.47 Å². The summed E-state index contributed by atoms with van der Waals surface area (Å²) >= 11 is 0. The number of rotatable bonds is 6. The van der Waals surface area contributed by atoms with Crippen molar-refractivity contribution in [1.82, 2.24) is 9.47 Å². The zero-order valence-corrected chi connectivity index (χ0v) is 18.4. The molecule has 2 heterocycles. The maximum atomic E-state index is 13.3. The number of halogens is 1. The first-order valence-corrected chi connectivity index (χ1v) is 10.4. The molecule has 0 saturated heterocycles. The lowest BCUT2D eigenvalue weighted by molar-refractivity contribution is 0.0921. The minimum absolute atomic E-state index is 0.0883. The van der Waals surface area contributed by atoms with Gasteiger partial charge in [-0.25, -0.2) is 4.39 Å². The van der Waals surface area contributed by atoms with Crippen molar-refractivity contribution in [1.29, 1.82) is 0 Å². The molecule has 0 bridgehead atoms. The van der Waals surface area contributed by atoms with Gasteiger partial charge in [-0.2, -0.15) is 0 Å². The molecule has 0 aliphatic carbocycles. The predicted octanol–water partition coefficient (Wildman–Crippen LogP) is 4.49. The topological polar surface area (TPSA) is 43.7 Å². The van der Waals surface area contributed by atoms with Crippen molar-refractivity contribution < 1.29 is 18.7 Å². The van der Waals surface area contributed by atoms with E-state index in [1.807, 2.05) is 36.6 Å². The average molecular weight is 423 g/mol. The standard InChI is InChI=1S/C25H27FN2O3/c1-16-11-22(17(2)28(16)21-7-5-20(26)6-8-21)23(29)15-27-10-9-18-12-24(30-3)25(31-4)13-19(18)14-27/h5-8,11-13H,9-10,14-15H2,1-4H3. The number of fused-ring (bicyclic) bond motifs is 1. The summed E-state index contributed by atoms with van der Waals surface area (Å²) in [5.74, 6) is 1.25. The van der Waals surface area contributed by atoms with Gasteiger partial charge in [-0.15, -0.1) is 0 Å². The first-order valence-electron chi connectivity index (χ1n) is 10.4. The second-order valence-corrected chi connectivity index (χ2v) is 7.96. The summed E-state index contributed by atoms with van der Waals surface area (Å²) in [6.45, 7) is 5.75.